The van der Waals surface area contributed by atoms with Crippen LogP contribution >= 0.6 is 0 Å². The average molecular weight is 264 g/mol. The summed E-state index contributed by atoms with van der Waals surface area (Å²) in [6.45, 7) is 0. The lowest BCUT2D eigenvalue weighted by Gasteiger charge is -2.14. The summed E-state index contributed by atoms with van der Waals surface area (Å²) in [6.07, 6.45) is 2.49. The molecule has 1 atom stereocenters. The maximum Gasteiger partial charge on any atom is 0.304 e. The molecule has 2 aromatic rings. The molecule has 4 nitrogen and oxygen atoms in total. The third kappa shape index (κ3) is 3.09. The van der Waals surface area contributed by atoms with Crippen LogP contribution in [0.15, 0.2) is 36.8 Å². The topological polar surface area (TPSA) is 63.1 Å². The number of rotatable bonds is 4. The lowest BCUT2D eigenvalue weighted by molar-refractivity contribution is -0.137. The maximum atomic E-state index is 13.2. The van der Waals surface area contributed by atoms with E-state index in [1.807, 2.05) is 0 Å². The van der Waals surface area contributed by atoms with Gasteiger partial charge in [0.2, 0.25) is 0 Å². The zero-order valence-corrected chi connectivity index (χ0v) is 9.75. The van der Waals surface area contributed by atoms with Crippen LogP contribution in [0.2, 0.25) is 0 Å². The Morgan fingerprint density at radius 2 is 2.05 bits per heavy atom. The predicted octanol–water partition coefficient (Wildman–Crippen LogP) is 2.36. The fourth-order valence-electron chi connectivity index (χ4n) is 1.80. The summed E-state index contributed by atoms with van der Waals surface area (Å²) in [5, 5.41) is 8.92. The Morgan fingerprint density at radius 3 is 2.63 bits per heavy atom. The molecule has 0 bridgehead atoms. The van der Waals surface area contributed by atoms with Crippen molar-refractivity contribution in [3.05, 3.63) is 59.7 Å². The zero-order valence-electron chi connectivity index (χ0n) is 9.75. The van der Waals surface area contributed by atoms with Gasteiger partial charge in [0.1, 0.15) is 6.33 Å². The molecule has 0 fully saturated rings. The summed E-state index contributed by atoms with van der Waals surface area (Å²) in [4.78, 5) is 18.6. The molecule has 0 aliphatic heterocycles. The first-order valence-electron chi connectivity index (χ1n) is 5.50. The minimum absolute atomic E-state index is 0.262. The van der Waals surface area contributed by atoms with Gasteiger partial charge in [-0.2, -0.15) is 0 Å². The molecule has 1 N–H and O–H groups in total. The number of carboxylic acid groups (broad SMARTS) is 1. The molecular formula is C13H10F2N2O2. The number of benzene rings is 1. The van der Waals surface area contributed by atoms with Crippen molar-refractivity contribution in [2.24, 2.45) is 0 Å². The normalized spacial score (nSPS) is 12.1. The highest BCUT2D eigenvalue weighted by Crippen LogP contribution is 2.27. The van der Waals surface area contributed by atoms with Crippen molar-refractivity contribution in [1.82, 2.24) is 9.97 Å². The van der Waals surface area contributed by atoms with Crippen LogP contribution in [-0.2, 0) is 4.79 Å². The van der Waals surface area contributed by atoms with Crippen molar-refractivity contribution < 1.29 is 18.7 Å². The van der Waals surface area contributed by atoms with E-state index in [0.717, 1.165) is 12.1 Å². The highest BCUT2D eigenvalue weighted by Gasteiger charge is 2.20. The maximum absolute atomic E-state index is 13.2. The number of carboxylic acids is 1. The molecule has 1 aromatic heterocycles. The van der Waals surface area contributed by atoms with Crippen molar-refractivity contribution >= 4 is 5.97 Å². The summed E-state index contributed by atoms with van der Waals surface area (Å²) < 4.78 is 26.1. The summed E-state index contributed by atoms with van der Waals surface area (Å²) in [7, 11) is 0. The van der Waals surface area contributed by atoms with Gasteiger partial charge in [0.15, 0.2) is 11.6 Å². The second-order valence-corrected chi connectivity index (χ2v) is 3.96. The number of hydrogen-bond acceptors (Lipinski definition) is 3. The molecule has 1 aromatic carbocycles. The number of carbonyl (C=O) groups is 1. The number of hydrogen-bond donors (Lipinski definition) is 1. The van der Waals surface area contributed by atoms with Crippen LogP contribution < -0.4 is 0 Å². The van der Waals surface area contributed by atoms with E-state index in [4.69, 9.17) is 5.11 Å². The van der Waals surface area contributed by atoms with Crippen molar-refractivity contribution in [2.45, 2.75) is 12.3 Å². The van der Waals surface area contributed by atoms with Gasteiger partial charge >= 0.3 is 5.97 Å². The molecular weight excluding hydrogens is 254 g/mol. The van der Waals surface area contributed by atoms with Gasteiger partial charge in [-0.15, -0.1) is 0 Å². The van der Waals surface area contributed by atoms with Crippen LogP contribution in [0.1, 0.15) is 23.6 Å². The molecule has 1 unspecified atom stereocenters. The average Bonchev–Trinajstić information content (AvgIpc) is 2.40. The van der Waals surface area contributed by atoms with E-state index < -0.39 is 23.5 Å². The Balaban J connectivity index is 2.42. The fourth-order valence-corrected chi connectivity index (χ4v) is 1.80. The molecule has 98 valence electrons. The number of halogens is 2. The lowest BCUT2D eigenvalue weighted by atomic mass is 9.92. The van der Waals surface area contributed by atoms with Crippen LogP contribution in [0.5, 0.6) is 0 Å². The third-order valence-corrected chi connectivity index (χ3v) is 2.69. The van der Waals surface area contributed by atoms with Gasteiger partial charge in [-0.3, -0.25) is 4.79 Å². The van der Waals surface area contributed by atoms with Gasteiger partial charge in [-0.05, 0) is 23.8 Å². The Labute approximate surface area is 107 Å². The summed E-state index contributed by atoms with van der Waals surface area (Å²) in [5.74, 6) is -3.67. The van der Waals surface area contributed by atoms with Crippen LogP contribution in [0.3, 0.4) is 0 Å². The minimum atomic E-state index is -1.05. The van der Waals surface area contributed by atoms with Gasteiger partial charge < -0.3 is 5.11 Å². The first-order valence-corrected chi connectivity index (χ1v) is 5.50. The highest BCUT2D eigenvalue weighted by atomic mass is 19.2. The van der Waals surface area contributed by atoms with Gasteiger partial charge in [0.25, 0.3) is 0 Å². The van der Waals surface area contributed by atoms with E-state index >= 15 is 0 Å². The van der Waals surface area contributed by atoms with E-state index in [-0.39, 0.29) is 6.42 Å². The molecule has 0 saturated heterocycles. The van der Waals surface area contributed by atoms with E-state index in [1.165, 1.54) is 18.6 Å². The largest absolute Gasteiger partial charge is 0.481 e. The van der Waals surface area contributed by atoms with E-state index in [1.54, 1.807) is 6.07 Å². The van der Waals surface area contributed by atoms with E-state index in [0.29, 0.717) is 11.3 Å². The van der Waals surface area contributed by atoms with E-state index in [2.05, 4.69) is 9.97 Å². The summed E-state index contributed by atoms with van der Waals surface area (Å²) in [5.41, 5.74) is 0.809. The molecule has 19 heavy (non-hydrogen) atoms. The monoisotopic (exact) mass is 264 g/mol. The number of aromatic nitrogens is 2. The molecule has 6 heteroatoms. The standard InChI is InChI=1S/C13H10F2N2O2/c14-10-2-1-8(5-11(10)15)9(6-13(18)19)12-3-4-16-7-17-12/h1-5,7,9H,6H2,(H,18,19). The smallest absolute Gasteiger partial charge is 0.304 e. The fraction of sp³-hybridized carbons (Fsp3) is 0.154. The Hall–Kier alpha value is -2.37. The van der Waals surface area contributed by atoms with Crippen molar-refractivity contribution in [3.63, 3.8) is 0 Å². The van der Waals surface area contributed by atoms with Crippen molar-refractivity contribution in [2.75, 3.05) is 0 Å². The molecule has 0 radical (unpaired) electrons. The van der Waals surface area contributed by atoms with Crippen molar-refractivity contribution in [1.29, 1.82) is 0 Å². The predicted molar refractivity (Wildman–Crippen MR) is 62.5 cm³/mol. The summed E-state index contributed by atoms with van der Waals surface area (Å²) in [6, 6.07) is 4.87. The Morgan fingerprint density at radius 1 is 1.26 bits per heavy atom. The quantitative estimate of drug-likeness (QED) is 0.920. The molecule has 0 saturated carbocycles. The van der Waals surface area contributed by atoms with Gasteiger partial charge in [0.05, 0.1) is 12.1 Å². The highest BCUT2D eigenvalue weighted by molar-refractivity contribution is 5.68. The minimum Gasteiger partial charge on any atom is -0.481 e. The van der Waals surface area contributed by atoms with Crippen LogP contribution in [0.4, 0.5) is 8.78 Å². The van der Waals surface area contributed by atoms with Crippen LogP contribution in [0.25, 0.3) is 0 Å². The lowest BCUT2D eigenvalue weighted by Crippen LogP contribution is -2.10. The molecule has 2 rings (SSSR count). The molecule has 1 heterocycles. The number of aliphatic carboxylic acids is 1. The zero-order chi connectivity index (χ0) is 13.8. The summed E-state index contributed by atoms with van der Waals surface area (Å²) >= 11 is 0. The second kappa shape index (κ2) is 5.51. The molecule has 0 aliphatic rings. The van der Waals surface area contributed by atoms with Crippen LogP contribution in [-0.4, -0.2) is 21.0 Å². The van der Waals surface area contributed by atoms with Gasteiger partial charge in [-0.25, -0.2) is 18.7 Å². The number of nitrogens with zero attached hydrogens (tertiary/aromatic N) is 2. The van der Waals surface area contributed by atoms with Gasteiger partial charge in [0, 0.05) is 12.1 Å². The Bertz CT molecular complexity index is 590. The second-order valence-electron chi connectivity index (χ2n) is 3.96. The van der Waals surface area contributed by atoms with Gasteiger partial charge in [-0.1, -0.05) is 6.07 Å². The third-order valence-electron chi connectivity index (χ3n) is 2.69. The molecule has 0 aliphatic carbocycles. The SMILES string of the molecule is O=C(O)CC(c1ccc(F)c(F)c1)c1ccncn1. The first-order chi connectivity index (χ1) is 9.08. The van der Waals surface area contributed by atoms with E-state index in [9.17, 15) is 13.6 Å². The Kier molecular flexibility index (Phi) is 3.79. The van der Waals surface area contributed by atoms with Crippen molar-refractivity contribution in [3.8, 4) is 0 Å². The van der Waals surface area contributed by atoms with Crippen LogP contribution in [0, 0.1) is 11.6 Å². The first kappa shape index (κ1) is 13.1. The molecule has 0 spiro atoms. The molecule has 0 amide bonds.